The van der Waals surface area contributed by atoms with E-state index in [0.717, 1.165) is 12.0 Å². The van der Waals surface area contributed by atoms with Crippen LogP contribution in [-0.4, -0.2) is 195 Å². The molecule has 0 aromatic heterocycles. The van der Waals surface area contributed by atoms with Crippen molar-refractivity contribution in [3.05, 3.63) is 11.6 Å². The average Bonchev–Trinajstić information content (AvgIpc) is 3.28. The van der Waals surface area contributed by atoms with E-state index < -0.39 is 156 Å². The number of carboxylic acid groups (broad SMARTS) is 1. The highest BCUT2D eigenvalue weighted by Gasteiger charge is 2.72. The predicted octanol–water partition coefficient (Wildman–Crippen LogP) is -1.63. The Labute approximate surface area is 390 Å². The Morgan fingerprint density at radius 1 is 0.716 bits per heavy atom. The van der Waals surface area contributed by atoms with Crippen LogP contribution >= 0.6 is 0 Å². The minimum Gasteiger partial charge on any atom is -0.481 e. The van der Waals surface area contributed by atoms with Gasteiger partial charge in [0.1, 0.15) is 73.2 Å². The van der Waals surface area contributed by atoms with Crippen LogP contribution in [0.4, 0.5) is 0 Å². The topological polar surface area (TPSA) is 334 Å². The van der Waals surface area contributed by atoms with E-state index in [-0.39, 0.29) is 48.5 Å². The van der Waals surface area contributed by atoms with Crippen LogP contribution in [0.1, 0.15) is 93.4 Å². The molecule has 0 spiro atoms. The fourth-order valence-corrected chi connectivity index (χ4v) is 16.0. The van der Waals surface area contributed by atoms with Crippen molar-refractivity contribution in [1.82, 2.24) is 0 Å². The molecule has 382 valence electrons. The SMILES string of the molecule is CC1OC(OC2C(CO)OC(C(=O)C3OC(C4CC5(C(=O)O)CCC6(C)C(=CCC7C8(C)CC(O)C(O)C(C)(CO)C8CCC76C)C5C(C)C4C)C(O)C(O)C3O)C(O)C2O)C(O)C(O)C1O. The molecule has 7 fully saturated rings. The molecule has 3 aliphatic heterocycles. The van der Waals surface area contributed by atoms with Crippen LogP contribution < -0.4 is 0 Å². The lowest BCUT2D eigenvalue weighted by atomic mass is 9.33. The second kappa shape index (κ2) is 17.8. The highest BCUT2D eigenvalue weighted by molar-refractivity contribution is 5.89. The number of carbonyl (C=O) groups is 2. The number of carbonyl (C=O) groups excluding carboxylic acids is 1. The predicted molar refractivity (Wildman–Crippen MR) is 231 cm³/mol. The summed E-state index contributed by atoms with van der Waals surface area (Å²) in [5.41, 5.74) is -2.44. The molecule has 8 rings (SSSR count). The largest absolute Gasteiger partial charge is 0.481 e. The van der Waals surface area contributed by atoms with Crippen molar-refractivity contribution < 1.29 is 94.9 Å². The molecule has 3 saturated heterocycles. The molecule has 13 N–H and O–H groups in total. The summed E-state index contributed by atoms with van der Waals surface area (Å²) >= 11 is 0. The molecule has 67 heavy (non-hydrogen) atoms. The summed E-state index contributed by atoms with van der Waals surface area (Å²) in [4.78, 5) is 28.3. The maximum Gasteiger partial charge on any atom is 0.310 e. The molecule has 19 heteroatoms. The van der Waals surface area contributed by atoms with Gasteiger partial charge in [0, 0.05) is 5.41 Å². The molecule has 0 amide bonds. The van der Waals surface area contributed by atoms with Crippen molar-refractivity contribution in [1.29, 1.82) is 0 Å². The number of aliphatic carboxylic acids is 1. The van der Waals surface area contributed by atoms with Gasteiger partial charge in [-0.05, 0) is 104 Å². The van der Waals surface area contributed by atoms with Crippen molar-refractivity contribution >= 4 is 11.8 Å². The van der Waals surface area contributed by atoms with Crippen molar-refractivity contribution in [3.8, 4) is 0 Å². The number of aliphatic hydroxyl groups is 12. The Hall–Kier alpha value is -1.76. The minimum atomic E-state index is -2.11. The molecule has 19 nitrogen and oxygen atoms in total. The number of carboxylic acids is 1. The lowest BCUT2D eigenvalue weighted by Crippen LogP contribution is -2.69. The van der Waals surface area contributed by atoms with E-state index in [0.29, 0.717) is 25.7 Å². The zero-order chi connectivity index (χ0) is 49.4. The third-order valence-corrected chi connectivity index (χ3v) is 20.3. The Bertz CT molecular complexity index is 1900. The maximum absolute atomic E-state index is 14.4. The Kier molecular flexibility index (Phi) is 13.7. The first-order valence-electron chi connectivity index (χ1n) is 24.3. The van der Waals surface area contributed by atoms with E-state index in [9.17, 15) is 76.0 Å². The van der Waals surface area contributed by atoms with Crippen LogP contribution in [0.2, 0.25) is 0 Å². The van der Waals surface area contributed by atoms with Crippen LogP contribution in [0.25, 0.3) is 0 Å². The minimum absolute atomic E-state index is 0.0114. The van der Waals surface area contributed by atoms with Crippen LogP contribution in [0.5, 0.6) is 0 Å². The van der Waals surface area contributed by atoms with Gasteiger partial charge >= 0.3 is 5.97 Å². The van der Waals surface area contributed by atoms with E-state index in [1.807, 2.05) is 20.8 Å². The van der Waals surface area contributed by atoms with Gasteiger partial charge in [0.2, 0.25) is 0 Å². The lowest BCUT2D eigenvalue weighted by Gasteiger charge is -2.72. The van der Waals surface area contributed by atoms with Gasteiger partial charge in [-0.1, -0.05) is 53.2 Å². The number of hydrogen-bond acceptors (Lipinski definition) is 18. The number of aliphatic hydroxyl groups excluding tert-OH is 12. The number of ether oxygens (including phenoxy) is 4. The summed E-state index contributed by atoms with van der Waals surface area (Å²) in [7, 11) is 0. The van der Waals surface area contributed by atoms with E-state index >= 15 is 0 Å². The van der Waals surface area contributed by atoms with Gasteiger partial charge in [0.05, 0.1) is 43.0 Å². The number of allylic oxidation sites excluding steroid dienone is 2. The molecule has 8 aliphatic rings. The molecule has 28 unspecified atom stereocenters. The standard InChI is InChI=1S/C48H76O19/c1-18-19(2)27-22-8-9-26-44(4)15-23(51)41(61)45(5,17-50)25(44)10-11-47(26,7)46(22,6)12-13-48(27,43(62)63)14-21(18)37-31(55)30(54)32(56)40(66-37)36(60)39-34(58)33(57)38(24(16-49)65-39)67-42-35(59)29(53)28(52)20(3)64-42/h8,18-21,23-35,37-42,49-59,61H,9-17H2,1-7H3,(H,62,63). The monoisotopic (exact) mass is 956 g/mol. The van der Waals surface area contributed by atoms with Gasteiger partial charge in [0.25, 0.3) is 0 Å². The third kappa shape index (κ3) is 7.33. The summed E-state index contributed by atoms with van der Waals surface area (Å²) in [6.07, 6.45) is -22.8. The lowest BCUT2D eigenvalue weighted by molar-refractivity contribution is -0.336. The molecular weight excluding hydrogens is 881 g/mol. The number of ketones is 1. The van der Waals surface area contributed by atoms with Gasteiger partial charge in [-0.15, -0.1) is 0 Å². The van der Waals surface area contributed by atoms with Crippen LogP contribution in [-0.2, 0) is 28.5 Å². The van der Waals surface area contributed by atoms with Crippen molar-refractivity contribution in [2.24, 2.45) is 62.6 Å². The normalized spacial score (nSPS) is 57.8. The zero-order valence-corrected chi connectivity index (χ0v) is 39.5. The smallest absolute Gasteiger partial charge is 0.310 e. The summed E-state index contributed by atoms with van der Waals surface area (Å²) in [6, 6.07) is 0. The highest BCUT2D eigenvalue weighted by atomic mass is 16.7. The van der Waals surface area contributed by atoms with Gasteiger partial charge in [-0.25, -0.2) is 0 Å². The van der Waals surface area contributed by atoms with Gasteiger partial charge in [0.15, 0.2) is 12.1 Å². The van der Waals surface area contributed by atoms with E-state index in [1.54, 1.807) is 0 Å². The second-order valence-corrected chi connectivity index (χ2v) is 23.1. The molecule has 0 aromatic carbocycles. The summed E-state index contributed by atoms with van der Waals surface area (Å²) in [5.74, 6) is -4.14. The molecule has 28 atom stereocenters. The van der Waals surface area contributed by atoms with Gasteiger partial charge in [-0.3, -0.25) is 9.59 Å². The quantitative estimate of drug-likeness (QED) is 0.122. The molecule has 0 aromatic rings. The Morgan fingerprint density at radius 2 is 1.34 bits per heavy atom. The first-order chi connectivity index (χ1) is 31.2. The molecule has 5 aliphatic carbocycles. The van der Waals surface area contributed by atoms with Crippen molar-refractivity contribution in [3.63, 3.8) is 0 Å². The van der Waals surface area contributed by atoms with Crippen LogP contribution in [0.15, 0.2) is 11.6 Å². The zero-order valence-electron chi connectivity index (χ0n) is 39.5. The highest BCUT2D eigenvalue weighted by Crippen LogP contribution is 2.76. The van der Waals surface area contributed by atoms with Crippen molar-refractivity contribution in [2.75, 3.05) is 13.2 Å². The molecule has 0 radical (unpaired) electrons. The first kappa shape index (κ1) is 51.6. The number of fused-ring (bicyclic) bond motifs is 7. The number of Topliss-reactive ketones (excluding diaryl/α,β-unsaturated/α-hetero) is 1. The molecular formula is C48H76O19. The summed E-state index contributed by atoms with van der Waals surface area (Å²) in [6.45, 7) is 12.7. The molecule has 4 saturated carbocycles. The average molecular weight is 957 g/mol. The first-order valence-corrected chi connectivity index (χ1v) is 24.3. The van der Waals surface area contributed by atoms with Crippen LogP contribution in [0.3, 0.4) is 0 Å². The van der Waals surface area contributed by atoms with Gasteiger partial charge in [-0.2, -0.15) is 0 Å². The van der Waals surface area contributed by atoms with E-state index in [1.165, 1.54) is 6.92 Å². The number of rotatable bonds is 8. The Balaban J connectivity index is 1.05. The van der Waals surface area contributed by atoms with E-state index in [2.05, 4.69) is 26.8 Å². The Morgan fingerprint density at radius 3 is 1.97 bits per heavy atom. The van der Waals surface area contributed by atoms with Crippen LogP contribution in [0, 0.1) is 62.6 Å². The summed E-state index contributed by atoms with van der Waals surface area (Å²) < 4.78 is 23.2. The maximum atomic E-state index is 14.4. The van der Waals surface area contributed by atoms with Gasteiger partial charge < -0.3 is 85.3 Å². The molecule has 0 bridgehead atoms. The fourth-order valence-electron chi connectivity index (χ4n) is 16.0. The van der Waals surface area contributed by atoms with Crippen molar-refractivity contribution in [2.45, 2.75) is 197 Å². The second-order valence-electron chi connectivity index (χ2n) is 23.1. The fraction of sp³-hybridized carbons (Fsp3) is 0.917. The van der Waals surface area contributed by atoms with E-state index in [4.69, 9.17) is 18.9 Å². The summed E-state index contributed by atoms with van der Waals surface area (Å²) in [5, 5.41) is 143. The third-order valence-electron chi connectivity index (χ3n) is 20.3. The molecule has 3 heterocycles. The number of hydrogen-bond donors (Lipinski definition) is 13.